The Morgan fingerprint density at radius 2 is 2.24 bits per heavy atom. The van der Waals surface area contributed by atoms with E-state index in [-0.39, 0.29) is 18.1 Å². The lowest BCUT2D eigenvalue weighted by Gasteiger charge is -2.04. The van der Waals surface area contributed by atoms with Gasteiger partial charge in [-0.05, 0) is 31.5 Å². The fourth-order valence-electron chi connectivity index (χ4n) is 1.39. The van der Waals surface area contributed by atoms with Crippen LogP contribution >= 0.6 is 11.6 Å². The first-order valence-electron chi connectivity index (χ1n) is 5.36. The van der Waals surface area contributed by atoms with Crippen molar-refractivity contribution in [2.75, 3.05) is 6.61 Å². The molecule has 0 heterocycles. The van der Waals surface area contributed by atoms with Gasteiger partial charge in [-0.2, -0.15) is 0 Å². The van der Waals surface area contributed by atoms with Gasteiger partial charge >= 0.3 is 5.97 Å². The number of benzene rings is 1. The van der Waals surface area contributed by atoms with E-state index in [9.17, 15) is 9.90 Å². The van der Waals surface area contributed by atoms with Gasteiger partial charge in [-0.15, -0.1) is 0 Å². The predicted molar refractivity (Wildman–Crippen MR) is 68.1 cm³/mol. The second kappa shape index (κ2) is 6.30. The standard InChI is InChI=1S/C13H15ClO3/c1-3-17-12(15)6-4-5-10-8-11(14)7-9(2)13(10)16/h4-5,7-8,16H,3,6H2,1-2H3. The maximum Gasteiger partial charge on any atom is 0.309 e. The third kappa shape index (κ3) is 4.11. The molecule has 0 saturated heterocycles. The van der Waals surface area contributed by atoms with Crippen LogP contribution in [0, 0.1) is 6.92 Å². The Hall–Kier alpha value is -1.48. The third-order valence-corrected chi connectivity index (χ3v) is 2.40. The molecule has 1 N–H and O–H groups in total. The fraction of sp³-hybridized carbons (Fsp3) is 0.308. The molecule has 0 spiro atoms. The number of carbonyl (C=O) groups excluding carboxylic acids is 1. The first-order chi connectivity index (χ1) is 8.04. The van der Waals surface area contributed by atoms with Crippen molar-refractivity contribution < 1.29 is 14.6 Å². The van der Waals surface area contributed by atoms with Crippen LogP contribution in [-0.4, -0.2) is 17.7 Å². The Bertz CT molecular complexity index is 439. The number of esters is 1. The molecule has 0 aliphatic rings. The Balaban J connectivity index is 2.74. The Labute approximate surface area is 106 Å². The molecule has 0 radical (unpaired) electrons. The second-order valence-electron chi connectivity index (χ2n) is 3.57. The quantitative estimate of drug-likeness (QED) is 0.839. The zero-order valence-electron chi connectivity index (χ0n) is 9.87. The molecule has 0 bridgehead atoms. The van der Waals surface area contributed by atoms with E-state index in [1.807, 2.05) is 0 Å². The highest BCUT2D eigenvalue weighted by Gasteiger charge is 2.04. The summed E-state index contributed by atoms with van der Waals surface area (Å²) in [6.45, 7) is 3.89. The van der Waals surface area contributed by atoms with E-state index in [0.29, 0.717) is 22.8 Å². The summed E-state index contributed by atoms with van der Waals surface area (Å²) in [6.07, 6.45) is 3.48. The second-order valence-corrected chi connectivity index (χ2v) is 4.01. The third-order valence-electron chi connectivity index (χ3n) is 2.18. The van der Waals surface area contributed by atoms with E-state index in [0.717, 1.165) is 0 Å². The number of aryl methyl sites for hydroxylation is 1. The molecule has 1 aromatic rings. The van der Waals surface area contributed by atoms with Crippen molar-refractivity contribution in [3.8, 4) is 5.75 Å². The molecule has 0 aliphatic carbocycles. The number of aromatic hydroxyl groups is 1. The summed E-state index contributed by atoms with van der Waals surface area (Å²) in [7, 11) is 0. The predicted octanol–water partition coefficient (Wildman–Crippen LogP) is 3.32. The molecule has 0 atom stereocenters. The molecule has 3 nitrogen and oxygen atoms in total. The number of hydrogen-bond acceptors (Lipinski definition) is 3. The van der Waals surface area contributed by atoms with Gasteiger partial charge in [0.1, 0.15) is 5.75 Å². The van der Waals surface area contributed by atoms with Crippen molar-refractivity contribution >= 4 is 23.6 Å². The molecular formula is C13H15ClO3. The zero-order chi connectivity index (χ0) is 12.8. The molecule has 17 heavy (non-hydrogen) atoms. The molecule has 0 saturated carbocycles. The maximum atomic E-state index is 11.1. The minimum Gasteiger partial charge on any atom is -0.507 e. The SMILES string of the molecule is CCOC(=O)CC=Cc1cc(Cl)cc(C)c1O. The molecule has 0 fully saturated rings. The summed E-state index contributed by atoms with van der Waals surface area (Å²) in [5, 5.41) is 10.3. The Morgan fingerprint density at radius 1 is 1.53 bits per heavy atom. The van der Waals surface area contributed by atoms with Gasteiger partial charge in [-0.1, -0.05) is 23.8 Å². The van der Waals surface area contributed by atoms with Crippen LogP contribution in [0.15, 0.2) is 18.2 Å². The number of hydrogen-bond donors (Lipinski definition) is 1. The summed E-state index contributed by atoms with van der Waals surface area (Å²) in [6, 6.07) is 3.32. The van der Waals surface area contributed by atoms with Crippen molar-refractivity contribution in [2.24, 2.45) is 0 Å². The van der Waals surface area contributed by atoms with Crippen molar-refractivity contribution in [3.05, 3.63) is 34.4 Å². The van der Waals surface area contributed by atoms with Gasteiger partial charge in [-0.25, -0.2) is 0 Å². The summed E-state index contributed by atoms with van der Waals surface area (Å²) < 4.78 is 4.78. The van der Waals surface area contributed by atoms with Gasteiger partial charge in [0.05, 0.1) is 13.0 Å². The van der Waals surface area contributed by atoms with Crippen molar-refractivity contribution in [1.29, 1.82) is 0 Å². The van der Waals surface area contributed by atoms with E-state index in [1.54, 1.807) is 38.1 Å². The summed E-state index contributed by atoms with van der Waals surface area (Å²) in [5.74, 6) is -0.114. The van der Waals surface area contributed by atoms with Crippen molar-refractivity contribution in [2.45, 2.75) is 20.3 Å². The van der Waals surface area contributed by atoms with Gasteiger partial charge in [0.15, 0.2) is 0 Å². The van der Waals surface area contributed by atoms with Gasteiger partial charge < -0.3 is 9.84 Å². The highest BCUT2D eigenvalue weighted by atomic mass is 35.5. The highest BCUT2D eigenvalue weighted by Crippen LogP contribution is 2.27. The lowest BCUT2D eigenvalue weighted by Crippen LogP contribution is -2.01. The number of carbonyl (C=O) groups is 1. The number of phenols is 1. The molecule has 92 valence electrons. The number of ether oxygens (including phenoxy) is 1. The van der Waals surface area contributed by atoms with Crippen LogP contribution in [0.4, 0.5) is 0 Å². The van der Waals surface area contributed by atoms with Crippen LogP contribution in [0.25, 0.3) is 6.08 Å². The first kappa shape index (κ1) is 13.6. The lowest BCUT2D eigenvalue weighted by atomic mass is 10.1. The van der Waals surface area contributed by atoms with Crippen LogP contribution in [0.1, 0.15) is 24.5 Å². The molecule has 0 aliphatic heterocycles. The van der Waals surface area contributed by atoms with Crippen LogP contribution in [0.2, 0.25) is 5.02 Å². The van der Waals surface area contributed by atoms with Gasteiger partial charge in [0.2, 0.25) is 0 Å². The number of halogens is 1. The van der Waals surface area contributed by atoms with Crippen molar-refractivity contribution in [3.63, 3.8) is 0 Å². The molecule has 4 heteroatoms. The maximum absolute atomic E-state index is 11.1. The molecule has 1 aromatic carbocycles. The van der Waals surface area contributed by atoms with E-state index < -0.39 is 0 Å². The van der Waals surface area contributed by atoms with E-state index in [1.165, 1.54) is 0 Å². The van der Waals surface area contributed by atoms with Crippen LogP contribution in [-0.2, 0) is 9.53 Å². The fourth-order valence-corrected chi connectivity index (χ4v) is 1.67. The molecular weight excluding hydrogens is 240 g/mol. The average molecular weight is 255 g/mol. The van der Waals surface area contributed by atoms with Crippen molar-refractivity contribution in [1.82, 2.24) is 0 Å². The lowest BCUT2D eigenvalue weighted by molar-refractivity contribution is -0.142. The summed E-state index contributed by atoms with van der Waals surface area (Å²) in [4.78, 5) is 11.1. The molecule has 0 amide bonds. The smallest absolute Gasteiger partial charge is 0.309 e. The highest BCUT2D eigenvalue weighted by molar-refractivity contribution is 6.30. The van der Waals surface area contributed by atoms with E-state index >= 15 is 0 Å². The van der Waals surface area contributed by atoms with Crippen LogP contribution in [0.3, 0.4) is 0 Å². The Kier molecular flexibility index (Phi) is 5.04. The monoisotopic (exact) mass is 254 g/mol. The minimum atomic E-state index is -0.290. The van der Waals surface area contributed by atoms with Gasteiger partial charge in [-0.3, -0.25) is 4.79 Å². The number of phenolic OH excluding ortho intramolecular Hbond substituents is 1. The largest absolute Gasteiger partial charge is 0.507 e. The molecule has 0 unspecified atom stereocenters. The first-order valence-corrected chi connectivity index (χ1v) is 5.73. The van der Waals surface area contributed by atoms with Gasteiger partial charge in [0, 0.05) is 10.6 Å². The minimum absolute atomic E-state index is 0.175. The molecule has 0 aromatic heterocycles. The van der Waals surface area contributed by atoms with E-state index in [2.05, 4.69) is 0 Å². The Morgan fingerprint density at radius 3 is 2.88 bits per heavy atom. The van der Waals surface area contributed by atoms with Gasteiger partial charge in [0.25, 0.3) is 0 Å². The molecule has 1 rings (SSSR count). The summed E-state index contributed by atoms with van der Waals surface area (Å²) >= 11 is 5.88. The normalized spacial score (nSPS) is 10.8. The van der Waals surface area contributed by atoms with E-state index in [4.69, 9.17) is 16.3 Å². The van der Waals surface area contributed by atoms with Crippen LogP contribution < -0.4 is 0 Å². The van der Waals surface area contributed by atoms with Crippen LogP contribution in [0.5, 0.6) is 5.75 Å². The topological polar surface area (TPSA) is 46.5 Å². The summed E-state index contributed by atoms with van der Waals surface area (Å²) in [5.41, 5.74) is 1.30. The zero-order valence-corrected chi connectivity index (χ0v) is 10.6. The average Bonchev–Trinajstić information content (AvgIpc) is 2.25. The number of rotatable bonds is 4.